The van der Waals surface area contributed by atoms with E-state index in [2.05, 4.69) is 15.5 Å². The van der Waals surface area contributed by atoms with Crippen molar-refractivity contribution in [2.75, 3.05) is 6.54 Å². The van der Waals surface area contributed by atoms with Gasteiger partial charge in [-0.1, -0.05) is 0 Å². The molecule has 0 radical (unpaired) electrons. The quantitative estimate of drug-likeness (QED) is 0.864. The Morgan fingerprint density at radius 3 is 2.60 bits per heavy atom. The summed E-state index contributed by atoms with van der Waals surface area (Å²) in [6.07, 6.45) is 0.115. The van der Waals surface area contributed by atoms with Crippen molar-refractivity contribution in [3.05, 3.63) is 35.7 Å². The van der Waals surface area contributed by atoms with E-state index in [0.717, 1.165) is 5.56 Å². The smallest absolute Gasteiger partial charge is 0.251 e. The summed E-state index contributed by atoms with van der Waals surface area (Å²) in [6.45, 7) is 3.86. The largest absolute Gasteiger partial charge is 0.421 e. The van der Waals surface area contributed by atoms with Crippen LogP contribution in [0.2, 0.25) is 0 Å². The standard InChI is InChI=1S/C14H17N3O3/c1-9(18)7-8-15-13(19)11-3-5-12(6-4-11)14-17-16-10(2)20-14/h3-6,9,18H,7-8H2,1-2H3,(H,15,19). The molecule has 0 spiro atoms. The molecule has 0 aliphatic carbocycles. The molecule has 1 atom stereocenters. The molecule has 106 valence electrons. The predicted octanol–water partition coefficient (Wildman–Crippen LogP) is 1.55. The van der Waals surface area contributed by atoms with Crippen LogP contribution in [0, 0.1) is 6.92 Å². The van der Waals surface area contributed by atoms with Crippen molar-refractivity contribution in [1.82, 2.24) is 15.5 Å². The molecule has 6 nitrogen and oxygen atoms in total. The number of amides is 1. The zero-order valence-electron chi connectivity index (χ0n) is 11.5. The number of aliphatic hydroxyl groups excluding tert-OH is 1. The van der Waals surface area contributed by atoms with Crippen molar-refractivity contribution in [1.29, 1.82) is 0 Å². The zero-order valence-corrected chi connectivity index (χ0v) is 11.5. The van der Waals surface area contributed by atoms with Crippen LogP contribution in [0.5, 0.6) is 0 Å². The van der Waals surface area contributed by atoms with Crippen LogP contribution in [-0.2, 0) is 0 Å². The van der Waals surface area contributed by atoms with Gasteiger partial charge in [0.15, 0.2) is 0 Å². The van der Waals surface area contributed by atoms with Crippen LogP contribution in [0.1, 0.15) is 29.6 Å². The molecule has 6 heteroatoms. The Morgan fingerprint density at radius 1 is 1.35 bits per heavy atom. The summed E-state index contributed by atoms with van der Waals surface area (Å²) in [6, 6.07) is 6.92. The number of benzene rings is 1. The number of aryl methyl sites for hydroxylation is 1. The molecular formula is C14H17N3O3. The van der Waals surface area contributed by atoms with E-state index in [-0.39, 0.29) is 5.91 Å². The number of carbonyl (C=O) groups excluding carboxylic acids is 1. The molecule has 1 aromatic carbocycles. The number of aromatic nitrogens is 2. The lowest BCUT2D eigenvalue weighted by Gasteiger charge is -2.07. The topological polar surface area (TPSA) is 88.2 Å². The summed E-state index contributed by atoms with van der Waals surface area (Å²) in [4.78, 5) is 11.8. The second-order valence-electron chi connectivity index (χ2n) is 4.60. The summed E-state index contributed by atoms with van der Waals surface area (Å²) in [5.41, 5.74) is 1.32. The van der Waals surface area contributed by atoms with Gasteiger partial charge < -0.3 is 14.8 Å². The average molecular weight is 275 g/mol. The molecule has 0 aliphatic heterocycles. The minimum Gasteiger partial charge on any atom is -0.421 e. The molecule has 0 aliphatic rings. The van der Waals surface area contributed by atoms with E-state index < -0.39 is 6.10 Å². The molecule has 2 rings (SSSR count). The van der Waals surface area contributed by atoms with E-state index in [1.807, 2.05) is 0 Å². The maximum Gasteiger partial charge on any atom is 0.251 e. The number of nitrogens with zero attached hydrogens (tertiary/aromatic N) is 2. The molecule has 0 bridgehead atoms. The second kappa shape index (κ2) is 6.29. The van der Waals surface area contributed by atoms with Crippen molar-refractivity contribution < 1.29 is 14.3 Å². The first-order chi connectivity index (χ1) is 9.56. The van der Waals surface area contributed by atoms with E-state index in [1.54, 1.807) is 38.1 Å². The number of hydrogen-bond acceptors (Lipinski definition) is 5. The highest BCUT2D eigenvalue weighted by molar-refractivity contribution is 5.94. The fraction of sp³-hybridized carbons (Fsp3) is 0.357. The summed E-state index contributed by atoms with van der Waals surface area (Å²) in [7, 11) is 0. The predicted molar refractivity (Wildman–Crippen MR) is 73.1 cm³/mol. The first-order valence-corrected chi connectivity index (χ1v) is 6.43. The van der Waals surface area contributed by atoms with E-state index in [0.29, 0.717) is 30.3 Å². The minimum absolute atomic E-state index is 0.168. The SMILES string of the molecule is Cc1nnc(-c2ccc(C(=O)NCCC(C)O)cc2)o1. The van der Waals surface area contributed by atoms with Crippen molar-refractivity contribution in [3.63, 3.8) is 0 Å². The lowest BCUT2D eigenvalue weighted by atomic mass is 10.1. The first kappa shape index (κ1) is 14.2. The highest BCUT2D eigenvalue weighted by Crippen LogP contribution is 2.18. The Labute approximate surface area is 116 Å². The lowest BCUT2D eigenvalue weighted by molar-refractivity contribution is 0.0945. The molecule has 1 amide bonds. The van der Waals surface area contributed by atoms with Crippen LogP contribution < -0.4 is 5.32 Å². The van der Waals surface area contributed by atoms with Gasteiger partial charge in [-0.2, -0.15) is 0 Å². The van der Waals surface area contributed by atoms with Gasteiger partial charge in [0.05, 0.1) is 6.10 Å². The Bertz CT molecular complexity index is 576. The van der Waals surface area contributed by atoms with E-state index in [4.69, 9.17) is 9.52 Å². The highest BCUT2D eigenvalue weighted by Gasteiger charge is 2.09. The minimum atomic E-state index is -0.418. The van der Waals surface area contributed by atoms with Crippen molar-refractivity contribution in [3.8, 4) is 11.5 Å². The van der Waals surface area contributed by atoms with Gasteiger partial charge in [0.2, 0.25) is 11.8 Å². The van der Waals surface area contributed by atoms with E-state index >= 15 is 0 Å². The van der Waals surface area contributed by atoms with Gasteiger partial charge in [0, 0.05) is 24.6 Å². The van der Waals surface area contributed by atoms with Crippen LogP contribution in [-0.4, -0.2) is 33.9 Å². The second-order valence-corrected chi connectivity index (χ2v) is 4.60. The molecule has 1 heterocycles. The van der Waals surface area contributed by atoms with Gasteiger partial charge in [-0.15, -0.1) is 10.2 Å². The highest BCUT2D eigenvalue weighted by atomic mass is 16.4. The monoisotopic (exact) mass is 275 g/mol. The van der Waals surface area contributed by atoms with Crippen molar-refractivity contribution >= 4 is 5.91 Å². The molecule has 1 aromatic heterocycles. The van der Waals surface area contributed by atoms with Crippen LogP contribution in [0.3, 0.4) is 0 Å². The number of carbonyl (C=O) groups is 1. The van der Waals surface area contributed by atoms with E-state index in [9.17, 15) is 4.79 Å². The third-order valence-electron chi connectivity index (χ3n) is 2.77. The fourth-order valence-corrected chi connectivity index (χ4v) is 1.67. The Kier molecular flexibility index (Phi) is 4.47. The number of nitrogens with one attached hydrogen (secondary N) is 1. The maximum absolute atomic E-state index is 11.8. The average Bonchev–Trinajstić information content (AvgIpc) is 2.85. The molecule has 2 aromatic rings. The Balaban J connectivity index is 1.99. The molecule has 20 heavy (non-hydrogen) atoms. The maximum atomic E-state index is 11.8. The van der Waals surface area contributed by atoms with Crippen LogP contribution in [0.25, 0.3) is 11.5 Å². The van der Waals surface area contributed by atoms with Gasteiger partial charge in [0.1, 0.15) is 0 Å². The van der Waals surface area contributed by atoms with Gasteiger partial charge in [0.25, 0.3) is 5.91 Å². The molecule has 2 N–H and O–H groups in total. The number of hydrogen-bond donors (Lipinski definition) is 2. The normalized spacial score (nSPS) is 12.2. The van der Waals surface area contributed by atoms with Crippen molar-refractivity contribution in [2.24, 2.45) is 0 Å². The van der Waals surface area contributed by atoms with E-state index in [1.165, 1.54) is 0 Å². The summed E-state index contributed by atoms with van der Waals surface area (Å²) in [5.74, 6) is 0.766. The lowest BCUT2D eigenvalue weighted by Crippen LogP contribution is -2.26. The zero-order chi connectivity index (χ0) is 14.5. The van der Waals surface area contributed by atoms with Crippen LogP contribution in [0.4, 0.5) is 0 Å². The Hall–Kier alpha value is -2.21. The fourth-order valence-electron chi connectivity index (χ4n) is 1.67. The molecule has 1 unspecified atom stereocenters. The van der Waals surface area contributed by atoms with Gasteiger partial charge in [-0.3, -0.25) is 4.79 Å². The third kappa shape index (κ3) is 3.64. The van der Waals surface area contributed by atoms with Crippen LogP contribution >= 0.6 is 0 Å². The molecule has 0 fully saturated rings. The van der Waals surface area contributed by atoms with Gasteiger partial charge in [-0.25, -0.2) is 0 Å². The van der Waals surface area contributed by atoms with Gasteiger partial charge in [-0.05, 0) is 37.6 Å². The molecule has 0 saturated carbocycles. The Morgan fingerprint density at radius 2 is 2.05 bits per heavy atom. The molecular weight excluding hydrogens is 258 g/mol. The summed E-state index contributed by atoms with van der Waals surface area (Å²) in [5, 5.41) is 19.5. The van der Waals surface area contributed by atoms with Gasteiger partial charge >= 0.3 is 0 Å². The summed E-state index contributed by atoms with van der Waals surface area (Å²) >= 11 is 0. The summed E-state index contributed by atoms with van der Waals surface area (Å²) < 4.78 is 5.31. The first-order valence-electron chi connectivity index (χ1n) is 6.43. The van der Waals surface area contributed by atoms with Crippen molar-refractivity contribution in [2.45, 2.75) is 26.4 Å². The molecule has 0 saturated heterocycles. The number of aliphatic hydroxyl groups is 1. The third-order valence-corrected chi connectivity index (χ3v) is 2.77. The number of rotatable bonds is 5. The van der Waals surface area contributed by atoms with Crippen LogP contribution in [0.15, 0.2) is 28.7 Å².